The standard InChI is InChI=1S/C17H18N6O4/c1-12(18-20-14-7-3-5-9-16(14)22(24)25)11-13(2)19-21-15-8-4-6-10-17(15)23(26)27/h3-10,20-21H,11H2,1-2H3/b18-12-,19-13-. The normalized spacial score (nSPS) is 11.8. The number of benzene rings is 2. The summed E-state index contributed by atoms with van der Waals surface area (Å²) in [6.07, 6.45) is 0.376. The van der Waals surface area contributed by atoms with Gasteiger partial charge in [0.05, 0.1) is 9.85 Å². The topological polar surface area (TPSA) is 135 Å². The SMILES string of the molecule is C/C(C/C(C)=N\Nc1ccccc1[N+](=O)[O-])=N/Nc1ccccc1[N+](=O)[O-]. The highest BCUT2D eigenvalue weighted by atomic mass is 16.6. The monoisotopic (exact) mass is 370 g/mol. The van der Waals surface area contributed by atoms with Gasteiger partial charge in [-0.05, 0) is 26.0 Å². The summed E-state index contributed by atoms with van der Waals surface area (Å²) in [5, 5.41) is 30.2. The van der Waals surface area contributed by atoms with Gasteiger partial charge in [0.15, 0.2) is 0 Å². The largest absolute Gasteiger partial charge is 0.294 e. The smallest absolute Gasteiger partial charge is 0.272 e. The Morgan fingerprint density at radius 3 is 1.56 bits per heavy atom. The predicted molar refractivity (Wildman–Crippen MR) is 104 cm³/mol. The van der Waals surface area contributed by atoms with Gasteiger partial charge in [0, 0.05) is 30.0 Å². The second-order valence-corrected chi connectivity index (χ2v) is 5.64. The molecule has 10 heteroatoms. The highest BCUT2D eigenvalue weighted by Gasteiger charge is 2.12. The van der Waals surface area contributed by atoms with Crippen LogP contribution in [-0.2, 0) is 0 Å². The summed E-state index contributed by atoms with van der Waals surface area (Å²) in [7, 11) is 0. The van der Waals surface area contributed by atoms with Gasteiger partial charge in [-0.2, -0.15) is 10.2 Å². The fourth-order valence-electron chi connectivity index (χ4n) is 2.22. The maximum Gasteiger partial charge on any atom is 0.294 e. The lowest BCUT2D eigenvalue weighted by molar-refractivity contribution is -0.384. The Hall–Kier alpha value is -3.82. The van der Waals surface area contributed by atoms with Gasteiger partial charge < -0.3 is 0 Å². The zero-order valence-corrected chi connectivity index (χ0v) is 14.7. The average Bonchev–Trinajstić information content (AvgIpc) is 2.65. The first-order valence-corrected chi connectivity index (χ1v) is 7.93. The molecule has 0 saturated heterocycles. The molecule has 0 atom stereocenters. The van der Waals surface area contributed by atoms with Crippen molar-refractivity contribution in [1.82, 2.24) is 0 Å². The molecule has 27 heavy (non-hydrogen) atoms. The fraction of sp³-hybridized carbons (Fsp3) is 0.176. The lowest BCUT2D eigenvalue weighted by Gasteiger charge is -2.05. The van der Waals surface area contributed by atoms with Crippen LogP contribution in [0.1, 0.15) is 20.3 Å². The Labute approximate surface area is 154 Å². The first-order valence-electron chi connectivity index (χ1n) is 7.93. The van der Waals surface area contributed by atoms with Gasteiger partial charge in [-0.15, -0.1) is 0 Å². The van der Waals surface area contributed by atoms with Crippen molar-refractivity contribution < 1.29 is 9.85 Å². The molecule has 0 unspecified atom stereocenters. The lowest BCUT2D eigenvalue weighted by atomic mass is 10.2. The maximum atomic E-state index is 11.0. The molecule has 0 aromatic heterocycles. The van der Waals surface area contributed by atoms with Crippen molar-refractivity contribution in [1.29, 1.82) is 0 Å². The average molecular weight is 370 g/mol. The summed E-state index contributed by atoms with van der Waals surface area (Å²) in [4.78, 5) is 21.0. The maximum absolute atomic E-state index is 11.0. The molecule has 140 valence electrons. The van der Waals surface area contributed by atoms with E-state index in [9.17, 15) is 20.2 Å². The molecule has 0 radical (unpaired) electrons. The summed E-state index contributed by atoms with van der Waals surface area (Å²) in [6.45, 7) is 3.48. The third kappa shape index (κ3) is 5.59. The lowest BCUT2D eigenvalue weighted by Crippen LogP contribution is -2.07. The molecular formula is C17H18N6O4. The second-order valence-electron chi connectivity index (χ2n) is 5.64. The summed E-state index contributed by atoms with van der Waals surface area (Å²) in [5.41, 5.74) is 7.06. The van der Waals surface area contributed by atoms with E-state index in [4.69, 9.17) is 0 Å². The Balaban J connectivity index is 2.02. The van der Waals surface area contributed by atoms with E-state index in [1.807, 2.05) is 0 Å². The minimum Gasteiger partial charge on any atom is -0.272 e. The van der Waals surface area contributed by atoms with Crippen molar-refractivity contribution in [3.05, 3.63) is 68.8 Å². The number of nitro groups is 2. The number of nitro benzene ring substituents is 2. The van der Waals surface area contributed by atoms with Crippen molar-refractivity contribution >= 4 is 34.2 Å². The van der Waals surface area contributed by atoms with Crippen LogP contribution in [0, 0.1) is 20.2 Å². The molecule has 0 amide bonds. The van der Waals surface area contributed by atoms with Crippen LogP contribution >= 0.6 is 0 Å². The molecule has 0 aliphatic carbocycles. The molecule has 0 spiro atoms. The molecule has 2 rings (SSSR count). The highest BCUT2D eigenvalue weighted by Crippen LogP contribution is 2.24. The van der Waals surface area contributed by atoms with E-state index in [1.165, 1.54) is 12.1 Å². The van der Waals surface area contributed by atoms with Gasteiger partial charge >= 0.3 is 0 Å². The number of hydrazone groups is 2. The molecule has 0 aliphatic rings. The Morgan fingerprint density at radius 1 is 0.815 bits per heavy atom. The van der Waals surface area contributed by atoms with Crippen LogP contribution in [0.4, 0.5) is 22.7 Å². The van der Waals surface area contributed by atoms with Crippen LogP contribution in [0.3, 0.4) is 0 Å². The molecule has 2 aromatic rings. The summed E-state index contributed by atoms with van der Waals surface area (Å²) in [5.74, 6) is 0. The molecule has 0 fully saturated rings. The van der Waals surface area contributed by atoms with E-state index in [2.05, 4.69) is 21.1 Å². The quantitative estimate of drug-likeness (QED) is 0.407. The van der Waals surface area contributed by atoms with Crippen molar-refractivity contribution in [3.63, 3.8) is 0 Å². The van der Waals surface area contributed by atoms with Crippen LogP contribution in [-0.4, -0.2) is 21.3 Å². The van der Waals surface area contributed by atoms with Crippen LogP contribution in [0.5, 0.6) is 0 Å². The molecule has 2 N–H and O–H groups in total. The van der Waals surface area contributed by atoms with Crippen molar-refractivity contribution in [2.45, 2.75) is 20.3 Å². The Morgan fingerprint density at radius 2 is 1.19 bits per heavy atom. The number of nitrogens with one attached hydrogen (secondary N) is 2. The van der Waals surface area contributed by atoms with Gasteiger partial charge in [-0.25, -0.2) is 0 Å². The van der Waals surface area contributed by atoms with Gasteiger partial charge in [-0.3, -0.25) is 31.1 Å². The number of nitrogens with zero attached hydrogens (tertiary/aromatic N) is 4. The van der Waals surface area contributed by atoms with Gasteiger partial charge in [0.25, 0.3) is 11.4 Å². The minimum absolute atomic E-state index is 0.0718. The number of anilines is 2. The first-order chi connectivity index (χ1) is 12.9. The second kappa shape index (κ2) is 9.04. The number of hydrogen-bond acceptors (Lipinski definition) is 8. The van der Waals surface area contributed by atoms with Crippen LogP contribution in [0.25, 0.3) is 0 Å². The van der Waals surface area contributed by atoms with Crippen LogP contribution < -0.4 is 10.9 Å². The summed E-state index contributed by atoms with van der Waals surface area (Å²) >= 11 is 0. The summed E-state index contributed by atoms with van der Waals surface area (Å²) in [6, 6.07) is 12.4. The highest BCUT2D eigenvalue weighted by molar-refractivity contribution is 6.02. The van der Waals surface area contributed by atoms with Crippen molar-refractivity contribution in [3.8, 4) is 0 Å². The first kappa shape index (κ1) is 19.5. The molecule has 10 nitrogen and oxygen atoms in total. The molecule has 0 saturated carbocycles. The minimum atomic E-state index is -0.490. The third-order valence-electron chi connectivity index (χ3n) is 3.45. The van der Waals surface area contributed by atoms with E-state index in [1.54, 1.807) is 50.2 Å². The van der Waals surface area contributed by atoms with E-state index in [0.29, 0.717) is 17.8 Å². The molecule has 0 bridgehead atoms. The zero-order valence-electron chi connectivity index (χ0n) is 14.7. The van der Waals surface area contributed by atoms with Gasteiger partial charge in [-0.1, -0.05) is 24.3 Å². The van der Waals surface area contributed by atoms with Gasteiger partial charge in [0.2, 0.25) is 0 Å². The Bertz CT molecular complexity index is 836. The molecule has 2 aromatic carbocycles. The summed E-state index contributed by atoms with van der Waals surface area (Å²) < 4.78 is 0. The molecule has 0 aliphatic heterocycles. The molecule has 0 heterocycles. The third-order valence-corrected chi connectivity index (χ3v) is 3.45. The van der Waals surface area contributed by atoms with Crippen molar-refractivity contribution in [2.75, 3.05) is 10.9 Å². The van der Waals surface area contributed by atoms with E-state index >= 15 is 0 Å². The van der Waals surface area contributed by atoms with Crippen LogP contribution in [0.15, 0.2) is 58.7 Å². The zero-order chi connectivity index (χ0) is 19.8. The van der Waals surface area contributed by atoms with E-state index in [0.717, 1.165) is 0 Å². The number of hydrogen-bond donors (Lipinski definition) is 2. The van der Waals surface area contributed by atoms with Crippen LogP contribution in [0.2, 0.25) is 0 Å². The molecular weight excluding hydrogens is 352 g/mol. The van der Waals surface area contributed by atoms with Crippen molar-refractivity contribution in [2.24, 2.45) is 10.2 Å². The van der Waals surface area contributed by atoms with E-state index < -0.39 is 9.85 Å². The number of rotatable bonds is 8. The number of para-hydroxylation sites is 4. The predicted octanol–water partition coefficient (Wildman–Crippen LogP) is 4.17. The fourth-order valence-corrected chi connectivity index (χ4v) is 2.22. The van der Waals surface area contributed by atoms with E-state index in [-0.39, 0.29) is 22.7 Å². The Kier molecular flexibility index (Phi) is 6.53. The van der Waals surface area contributed by atoms with Gasteiger partial charge in [0.1, 0.15) is 11.4 Å².